The number of hydrogen-bond donors (Lipinski definition) is 3. The van der Waals surface area contributed by atoms with E-state index in [9.17, 15) is 4.79 Å². The van der Waals surface area contributed by atoms with E-state index in [0.29, 0.717) is 25.5 Å². The molecule has 0 saturated carbocycles. The lowest BCUT2D eigenvalue weighted by Crippen LogP contribution is -2.36. The van der Waals surface area contributed by atoms with Gasteiger partial charge >= 0.3 is 0 Å². The zero-order chi connectivity index (χ0) is 20.6. The highest BCUT2D eigenvalue weighted by molar-refractivity contribution is 14.0. The van der Waals surface area contributed by atoms with Gasteiger partial charge in [0, 0.05) is 36.7 Å². The second-order valence-corrected chi connectivity index (χ2v) is 6.92. The highest BCUT2D eigenvalue weighted by Gasteiger charge is 2.10. The van der Waals surface area contributed by atoms with Gasteiger partial charge in [-0.05, 0) is 37.1 Å². The molecule has 0 atom stereocenters. The fourth-order valence-corrected chi connectivity index (χ4v) is 3.17. The van der Waals surface area contributed by atoms with E-state index >= 15 is 0 Å². The van der Waals surface area contributed by atoms with Crippen LogP contribution in [0.25, 0.3) is 11.0 Å². The lowest BCUT2D eigenvalue weighted by atomic mass is 10.1. The number of nitrogens with one attached hydrogen (secondary N) is 3. The number of aryl methyl sites for hydroxylation is 1. The van der Waals surface area contributed by atoms with Gasteiger partial charge in [-0.25, -0.2) is 0 Å². The fraction of sp³-hybridized carbons (Fsp3) is 0.304. The van der Waals surface area contributed by atoms with Crippen LogP contribution in [-0.2, 0) is 17.9 Å². The van der Waals surface area contributed by atoms with Crippen LogP contribution in [0.5, 0.6) is 0 Å². The Hall–Kier alpha value is -2.55. The van der Waals surface area contributed by atoms with E-state index in [2.05, 4.69) is 33.9 Å². The summed E-state index contributed by atoms with van der Waals surface area (Å²) in [5.41, 5.74) is 3.90. The summed E-state index contributed by atoms with van der Waals surface area (Å²) in [7, 11) is 1.74. The zero-order valence-electron chi connectivity index (χ0n) is 17.6. The van der Waals surface area contributed by atoms with Crippen molar-refractivity contribution in [3.8, 4) is 0 Å². The fourth-order valence-electron chi connectivity index (χ4n) is 3.17. The Morgan fingerprint density at radius 1 is 1.07 bits per heavy atom. The summed E-state index contributed by atoms with van der Waals surface area (Å²) < 4.78 is 5.94. The number of amides is 1. The first kappa shape index (κ1) is 23.7. The van der Waals surface area contributed by atoms with Crippen molar-refractivity contribution >= 4 is 52.5 Å². The van der Waals surface area contributed by atoms with Gasteiger partial charge in [0.25, 0.3) is 0 Å². The van der Waals surface area contributed by atoms with Crippen LogP contribution < -0.4 is 16.0 Å². The number of carbonyl (C=O) groups is 1. The maximum Gasteiger partial charge on any atom is 0.224 e. The van der Waals surface area contributed by atoms with Gasteiger partial charge in [0.15, 0.2) is 5.96 Å². The number of halogens is 1. The molecule has 0 unspecified atom stereocenters. The van der Waals surface area contributed by atoms with Crippen molar-refractivity contribution < 1.29 is 9.21 Å². The minimum absolute atomic E-state index is 0. The monoisotopic (exact) mass is 520 g/mol. The summed E-state index contributed by atoms with van der Waals surface area (Å²) in [4.78, 5) is 16.1. The molecule has 3 rings (SSSR count). The van der Waals surface area contributed by atoms with Crippen molar-refractivity contribution in [1.82, 2.24) is 10.6 Å². The first-order valence-corrected chi connectivity index (χ1v) is 9.91. The summed E-state index contributed by atoms with van der Waals surface area (Å²) >= 11 is 0. The number of hydrogen-bond acceptors (Lipinski definition) is 3. The highest BCUT2D eigenvalue weighted by atomic mass is 127. The highest BCUT2D eigenvalue weighted by Crippen LogP contribution is 2.24. The molecular weight excluding hydrogens is 491 g/mol. The van der Waals surface area contributed by atoms with Crippen LogP contribution in [0, 0.1) is 6.92 Å². The third-order valence-electron chi connectivity index (χ3n) is 4.73. The molecule has 30 heavy (non-hydrogen) atoms. The maximum atomic E-state index is 11.8. The Morgan fingerprint density at radius 3 is 2.57 bits per heavy atom. The summed E-state index contributed by atoms with van der Waals surface area (Å²) in [6.07, 6.45) is 1.36. The molecule has 0 fully saturated rings. The number of carbonyl (C=O) groups excluding carboxylic acids is 1. The Kier molecular flexibility index (Phi) is 9.16. The van der Waals surface area contributed by atoms with Crippen molar-refractivity contribution in [2.45, 2.75) is 39.8 Å². The van der Waals surface area contributed by atoms with Crippen LogP contribution in [0.3, 0.4) is 0 Å². The van der Waals surface area contributed by atoms with Crippen molar-refractivity contribution in [2.75, 3.05) is 12.4 Å². The van der Waals surface area contributed by atoms with Crippen molar-refractivity contribution in [3.63, 3.8) is 0 Å². The first-order valence-electron chi connectivity index (χ1n) is 9.91. The van der Waals surface area contributed by atoms with Crippen LogP contribution in [0.2, 0.25) is 0 Å². The van der Waals surface area contributed by atoms with Crippen LogP contribution in [0.1, 0.15) is 36.7 Å². The number of furan rings is 1. The van der Waals surface area contributed by atoms with E-state index < -0.39 is 0 Å². The summed E-state index contributed by atoms with van der Waals surface area (Å²) in [5, 5.41) is 10.7. The number of fused-ring (bicyclic) bond motifs is 1. The second-order valence-electron chi connectivity index (χ2n) is 6.92. The molecule has 0 aliphatic rings. The van der Waals surface area contributed by atoms with Gasteiger partial charge in [-0.3, -0.25) is 9.79 Å². The molecular formula is C23H29IN4O2. The van der Waals surface area contributed by atoms with Crippen LogP contribution in [0.15, 0.2) is 57.9 Å². The molecule has 3 aromatic rings. The van der Waals surface area contributed by atoms with Crippen molar-refractivity contribution in [1.29, 1.82) is 0 Å². The molecule has 0 saturated heterocycles. The van der Waals surface area contributed by atoms with E-state index in [1.807, 2.05) is 49.4 Å². The molecule has 2 aromatic carbocycles. The number of benzene rings is 2. The predicted octanol–water partition coefficient (Wildman–Crippen LogP) is 4.96. The normalized spacial score (nSPS) is 11.1. The average molecular weight is 520 g/mol. The smallest absolute Gasteiger partial charge is 0.224 e. The SMILES string of the molecule is CCCC(=O)Nc1cccc(CNC(=NC)NCc2oc3ccccc3c2C)c1.I. The van der Waals surface area contributed by atoms with Crippen molar-refractivity contribution in [3.05, 3.63) is 65.4 Å². The lowest BCUT2D eigenvalue weighted by molar-refractivity contribution is -0.116. The average Bonchev–Trinajstić information content (AvgIpc) is 3.04. The Morgan fingerprint density at radius 2 is 1.83 bits per heavy atom. The molecule has 0 spiro atoms. The standard InChI is InChI=1S/C23H28N4O2.HI/c1-4-8-22(28)27-18-10-7-9-17(13-18)14-25-23(24-3)26-15-21-16(2)19-11-5-6-12-20(19)29-21;/h5-7,9-13H,4,8,14-15H2,1-3H3,(H,27,28)(H2,24,25,26);1H. The summed E-state index contributed by atoms with van der Waals surface area (Å²) in [6, 6.07) is 15.8. The summed E-state index contributed by atoms with van der Waals surface area (Å²) in [5.74, 6) is 1.62. The number of nitrogens with zero attached hydrogens (tertiary/aromatic N) is 1. The van der Waals surface area contributed by atoms with Crippen LogP contribution in [-0.4, -0.2) is 18.9 Å². The summed E-state index contributed by atoms with van der Waals surface area (Å²) in [6.45, 7) is 5.20. The Bertz CT molecular complexity index is 1010. The molecule has 1 aromatic heterocycles. The molecule has 3 N–H and O–H groups in total. The topological polar surface area (TPSA) is 78.7 Å². The van der Waals surface area contributed by atoms with Crippen LogP contribution >= 0.6 is 24.0 Å². The van der Waals surface area contributed by atoms with Gasteiger partial charge in [0.2, 0.25) is 5.91 Å². The molecule has 0 bridgehead atoms. The van der Waals surface area contributed by atoms with E-state index in [4.69, 9.17) is 4.42 Å². The van der Waals surface area contributed by atoms with Crippen molar-refractivity contribution in [2.24, 2.45) is 4.99 Å². The number of anilines is 1. The second kappa shape index (κ2) is 11.6. The third kappa shape index (κ3) is 6.22. The van der Waals surface area contributed by atoms with Crippen LogP contribution in [0.4, 0.5) is 5.69 Å². The van der Waals surface area contributed by atoms with E-state index in [1.54, 1.807) is 7.05 Å². The third-order valence-corrected chi connectivity index (χ3v) is 4.73. The minimum atomic E-state index is 0. The van der Waals surface area contributed by atoms with E-state index in [-0.39, 0.29) is 29.9 Å². The van der Waals surface area contributed by atoms with E-state index in [0.717, 1.165) is 40.0 Å². The first-order chi connectivity index (χ1) is 14.1. The number of aliphatic imine (C=N–C) groups is 1. The molecule has 6 nitrogen and oxygen atoms in total. The van der Waals surface area contributed by atoms with Gasteiger partial charge in [-0.1, -0.05) is 37.3 Å². The predicted molar refractivity (Wildman–Crippen MR) is 133 cm³/mol. The maximum absolute atomic E-state index is 11.8. The molecule has 0 radical (unpaired) electrons. The molecule has 1 amide bonds. The van der Waals surface area contributed by atoms with Gasteiger partial charge < -0.3 is 20.4 Å². The Balaban J connectivity index is 0.00000320. The lowest BCUT2D eigenvalue weighted by Gasteiger charge is -2.12. The molecule has 160 valence electrons. The van der Waals surface area contributed by atoms with Gasteiger partial charge in [-0.15, -0.1) is 24.0 Å². The number of para-hydroxylation sites is 1. The van der Waals surface area contributed by atoms with Gasteiger partial charge in [-0.2, -0.15) is 0 Å². The van der Waals surface area contributed by atoms with Gasteiger partial charge in [0.05, 0.1) is 6.54 Å². The molecule has 0 aliphatic carbocycles. The Labute approximate surface area is 194 Å². The minimum Gasteiger partial charge on any atom is -0.459 e. The molecule has 7 heteroatoms. The zero-order valence-corrected chi connectivity index (χ0v) is 19.9. The van der Waals surface area contributed by atoms with Gasteiger partial charge in [0.1, 0.15) is 11.3 Å². The van der Waals surface area contributed by atoms with E-state index in [1.165, 1.54) is 0 Å². The molecule has 1 heterocycles. The number of rotatable bonds is 7. The largest absolute Gasteiger partial charge is 0.459 e. The molecule has 0 aliphatic heterocycles. The quantitative estimate of drug-likeness (QED) is 0.234. The number of guanidine groups is 1.